The van der Waals surface area contributed by atoms with Gasteiger partial charge in [0.1, 0.15) is 24.9 Å². The van der Waals surface area contributed by atoms with Crippen LogP contribution in [-0.2, 0) is 46.4 Å². The summed E-state index contributed by atoms with van der Waals surface area (Å²) in [4.78, 5) is 47.4. The van der Waals surface area contributed by atoms with Crippen molar-refractivity contribution in [1.82, 2.24) is 21.3 Å². The summed E-state index contributed by atoms with van der Waals surface area (Å²) in [5, 5.41) is 10.2. The molecule has 4 unspecified atom stereocenters. The summed E-state index contributed by atoms with van der Waals surface area (Å²) in [7, 11) is -9.02. The Morgan fingerprint density at radius 2 is 0.683 bits per heavy atom. The van der Waals surface area contributed by atoms with Gasteiger partial charge in [-0.15, -0.1) is 0 Å². The van der Waals surface area contributed by atoms with Crippen molar-refractivity contribution in [1.29, 1.82) is 0 Å². The number of hydrogen-bond donors (Lipinski definition) is 4. The lowest BCUT2D eigenvalue weighted by atomic mass is 10.3. The van der Waals surface area contributed by atoms with Crippen LogP contribution in [0.4, 0.5) is 0 Å². The molecule has 0 fully saturated rings. The Balaban J connectivity index is 6.78. The van der Waals surface area contributed by atoms with Crippen LogP contribution in [0.15, 0.2) is 0 Å². The second-order valence-corrected chi connectivity index (χ2v) is 14.1. The molecule has 0 aliphatic rings. The van der Waals surface area contributed by atoms with Crippen molar-refractivity contribution in [3.63, 3.8) is 0 Å². The highest BCUT2D eigenvalue weighted by Crippen LogP contribution is 2.66. The molecule has 0 saturated heterocycles. The van der Waals surface area contributed by atoms with E-state index >= 15 is 0 Å². The van der Waals surface area contributed by atoms with Gasteiger partial charge in [-0.1, -0.05) is 53.4 Å². The van der Waals surface area contributed by atoms with E-state index in [0.717, 1.165) is 0 Å². The SMILES string of the molecule is CCCC(NC(C)=O)OP(=O)(CP(=O)(OC(CCC)NC(C)=O)OC(CCC)NC(C)=O)OC(CCC)NC(C)=O. The third-order valence-electron chi connectivity index (χ3n) is 5.16. The van der Waals surface area contributed by atoms with Gasteiger partial charge in [0.15, 0.2) is 5.90 Å². The Morgan fingerprint density at radius 3 is 0.829 bits per heavy atom. The zero-order valence-electron chi connectivity index (χ0n) is 25.7. The van der Waals surface area contributed by atoms with Crippen molar-refractivity contribution >= 4 is 38.8 Å². The average molecular weight is 629 g/mol. The number of carbonyl (C=O) groups excluding carboxylic acids is 4. The molecule has 0 aromatic rings. The van der Waals surface area contributed by atoms with Crippen molar-refractivity contribution in [3.05, 3.63) is 0 Å². The molecule has 0 spiro atoms. The lowest BCUT2D eigenvalue weighted by Crippen LogP contribution is -2.39. The molecule has 41 heavy (non-hydrogen) atoms. The van der Waals surface area contributed by atoms with Gasteiger partial charge < -0.3 is 21.3 Å². The van der Waals surface area contributed by atoms with Gasteiger partial charge >= 0.3 is 15.2 Å². The Labute approximate surface area is 244 Å². The van der Waals surface area contributed by atoms with E-state index in [2.05, 4.69) is 21.3 Å². The predicted molar refractivity (Wildman–Crippen MR) is 154 cm³/mol. The largest absolute Gasteiger partial charge is 0.346 e. The molecular formula is C25H50N4O10P2. The molecule has 14 nitrogen and oxygen atoms in total. The van der Waals surface area contributed by atoms with Gasteiger partial charge in [0.05, 0.1) is 0 Å². The van der Waals surface area contributed by atoms with Gasteiger partial charge in [-0.2, -0.15) is 0 Å². The molecule has 0 bridgehead atoms. The fourth-order valence-electron chi connectivity index (χ4n) is 3.73. The summed E-state index contributed by atoms with van der Waals surface area (Å²) < 4.78 is 52.2. The van der Waals surface area contributed by atoms with Crippen LogP contribution in [-0.4, -0.2) is 54.4 Å². The molecule has 4 N–H and O–H groups in total. The maximum atomic E-state index is 14.4. The van der Waals surface area contributed by atoms with Crippen molar-refractivity contribution in [2.75, 3.05) is 5.90 Å². The minimum absolute atomic E-state index is 0.242. The third-order valence-corrected chi connectivity index (χ3v) is 10.2. The monoisotopic (exact) mass is 628 g/mol. The number of amides is 4. The maximum Gasteiger partial charge on any atom is 0.346 e. The lowest BCUT2D eigenvalue weighted by Gasteiger charge is -2.33. The summed E-state index contributed by atoms with van der Waals surface area (Å²) >= 11 is 0. The van der Waals surface area contributed by atoms with Gasteiger partial charge in [0.25, 0.3) is 0 Å². The highest BCUT2D eigenvalue weighted by atomic mass is 31.2. The maximum absolute atomic E-state index is 14.4. The van der Waals surface area contributed by atoms with Crippen LogP contribution in [0.2, 0.25) is 0 Å². The normalized spacial score (nSPS) is 17.2. The molecule has 4 atom stereocenters. The van der Waals surface area contributed by atoms with Crippen molar-refractivity contribution < 1.29 is 46.4 Å². The minimum atomic E-state index is -4.51. The smallest absolute Gasteiger partial charge is 0.330 e. The highest BCUT2D eigenvalue weighted by molar-refractivity contribution is 7.71. The molecule has 4 amide bonds. The summed E-state index contributed by atoms with van der Waals surface area (Å²) in [6, 6.07) is 0. The van der Waals surface area contributed by atoms with E-state index in [0.29, 0.717) is 25.7 Å². The molecule has 240 valence electrons. The first-order valence-corrected chi connectivity index (χ1v) is 17.6. The molecule has 0 aromatic carbocycles. The summed E-state index contributed by atoms with van der Waals surface area (Å²) in [6.07, 6.45) is -1.25. The van der Waals surface area contributed by atoms with E-state index in [-0.39, 0.29) is 25.7 Å². The van der Waals surface area contributed by atoms with Crippen molar-refractivity contribution in [3.8, 4) is 0 Å². The van der Waals surface area contributed by atoms with E-state index in [4.69, 9.17) is 18.1 Å². The highest BCUT2D eigenvalue weighted by Gasteiger charge is 2.45. The molecule has 0 aromatic heterocycles. The van der Waals surface area contributed by atoms with E-state index < -0.39 is 69.6 Å². The standard InChI is InChI=1S/C25H50N4O10P2/c1-9-13-22(26-18(5)30)36-40(34,37-23(14-10-2)27-19(6)31)17-41(35,38-24(15-11-3)28-20(7)32)39-25(16-12-4)29-21(8)33/h22-25H,9-17H2,1-8H3,(H,26,30)(H,27,31)(H,28,32)(H,29,33). The van der Waals surface area contributed by atoms with Gasteiger partial charge in [-0.25, -0.2) is 0 Å². The number of nitrogens with one attached hydrogen (secondary N) is 4. The lowest BCUT2D eigenvalue weighted by molar-refractivity contribution is -0.123. The zero-order chi connectivity index (χ0) is 31.6. The van der Waals surface area contributed by atoms with Crippen LogP contribution in [0.25, 0.3) is 0 Å². The van der Waals surface area contributed by atoms with Crippen LogP contribution in [0.1, 0.15) is 107 Å². The topological polar surface area (TPSA) is 187 Å². The Kier molecular flexibility index (Phi) is 19.3. The van der Waals surface area contributed by atoms with Crippen LogP contribution >= 0.6 is 15.2 Å². The molecule has 16 heteroatoms. The molecule has 0 saturated carbocycles. The molecule has 0 radical (unpaired) electrons. The summed E-state index contributed by atoms with van der Waals surface area (Å²) in [6.45, 7) is 12.3. The van der Waals surface area contributed by atoms with Gasteiger partial charge in [0, 0.05) is 27.7 Å². The molecule has 0 aliphatic carbocycles. The number of carbonyl (C=O) groups is 4. The van der Waals surface area contributed by atoms with Crippen LogP contribution in [0, 0.1) is 0 Å². The fourth-order valence-corrected chi connectivity index (χ4v) is 8.78. The summed E-state index contributed by atoms with van der Waals surface area (Å²) in [5.74, 6) is -2.76. The minimum Gasteiger partial charge on any atom is -0.330 e. The van der Waals surface area contributed by atoms with E-state index in [1.54, 1.807) is 0 Å². The first kappa shape index (κ1) is 39.2. The molecule has 0 rings (SSSR count). The quantitative estimate of drug-likeness (QED) is 0.0986. The third kappa shape index (κ3) is 18.4. The van der Waals surface area contributed by atoms with E-state index in [1.165, 1.54) is 27.7 Å². The van der Waals surface area contributed by atoms with Gasteiger partial charge in [-0.05, 0) is 25.7 Å². The van der Waals surface area contributed by atoms with Crippen molar-refractivity contribution in [2.45, 2.75) is 132 Å². The molecular weight excluding hydrogens is 578 g/mol. The summed E-state index contributed by atoms with van der Waals surface area (Å²) in [5.41, 5.74) is 0. The van der Waals surface area contributed by atoms with Crippen molar-refractivity contribution in [2.24, 2.45) is 0 Å². The first-order valence-electron chi connectivity index (χ1n) is 14.1. The van der Waals surface area contributed by atoms with Crippen LogP contribution in [0.3, 0.4) is 0 Å². The Morgan fingerprint density at radius 1 is 0.488 bits per heavy atom. The van der Waals surface area contributed by atoms with Gasteiger partial charge in [0.2, 0.25) is 23.6 Å². The Bertz CT molecular complexity index is 800. The van der Waals surface area contributed by atoms with Crippen LogP contribution in [0.5, 0.6) is 0 Å². The second-order valence-electron chi connectivity index (χ2n) is 9.70. The Hall–Kier alpha value is -1.82. The first-order chi connectivity index (χ1) is 19.1. The fraction of sp³-hybridized carbons (Fsp3) is 0.840. The molecule has 0 heterocycles. The molecule has 0 aliphatic heterocycles. The zero-order valence-corrected chi connectivity index (χ0v) is 27.4. The number of rotatable bonds is 22. The predicted octanol–water partition coefficient (Wildman–Crippen LogP) is 4.45. The van der Waals surface area contributed by atoms with Gasteiger partial charge in [-0.3, -0.25) is 46.4 Å². The van der Waals surface area contributed by atoms with E-state index in [9.17, 15) is 28.3 Å². The van der Waals surface area contributed by atoms with E-state index in [1.807, 2.05) is 27.7 Å². The second kappa shape index (κ2) is 20.1. The number of hydrogen-bond acceptors (Lipinski definition) is 10. The van der Waals surface area contributed by atoms with Crippen LogP contribution < -0.4 is 21.3 Å². The average Bonchev–Trinajstić information content (AvgIpc) is 2.77.